The smallest absolute Gasteiger partial charge is 0.338 e. The van der Waals surface area contributed by atoms with E-state index in [1.165, 1.54) is 19.2 Å². The lowest BCUT2D eigenvalue weighted by molar-refractivity contribution is -0.385. The SMILES string of the molecule is CCOC(=O)C1=C(C)NC(N)=N[C@H]1c1cc(OC)c(OCc2ccccc2)cc1[N+](=O)[O-]. The average molecular weight is 440 g/mol. The number of ether oxygens (including phenoxy) is 3. The number of aliphatic imine (C=N–C) groups is 1. The van der Waals surface area contributed by atoms with Crippen LogP contribution in [0.4, 0.5) is 5.69 Å². The topological polar surface area (TPSA) is 138 Å². The van der Waals surface area contributed by atoms with Crippen molar-refractivity contribution >= 4 is 17.6 Å². The number of nitrogens with zero attached hydrogens (tertiary/aromatic N) is 2. The number of hydrogen-bond donors (Lipinski definition) is 2. The highest BCUT2D eigenvalue weighted by Crippen LogP contribution is 2.42. The third kappa shape index (κ3) is 4.80. The standard InChI is InChI=1S/C22H24N4O6/c1-4-31-21(27)19-13(2)24-22(23)25-20(19)15-10-17(30-3)18(11-16(15)26(28)29)32-12-14-8-6-5-7-9-14/h5-11,20H,4,12H2,1-3H3,(H3,23,24,25)/t20-/m0/s1. The van der Waals surface area contributed by atoms with Crippen LogP contribution in [0.5, 0.6) is 11.5 Å². The number of allylic oxidation sites excluding steroid dienone is 1. The van der Waals surface area contributed by atoms with Crippen molar-refractivity contribution in [2.45, 2.75) is 26.5 Å². The van der Waals surface area contributed by atoms with Gasteiger partial charge in [-0.15, -0.1) is 0 Å². The molecular formula is C22H24N4O6. The maximum atomic E-state index is 12.6. The average Bonchev–Trinajstić information content (AvgIpc) is 2.77. The molecule has 3 N–H and O–H groups in total. The zero-order valence-corrected chi connectivity index (χ0v) is 18.0. The van der Waals surface area contributed by atoms with Gasteiger partial charge in [0.15, 0.2) is 17.5 Å². The van der Waals surface area contributed by atoms with Crippen molar-refractivity contribution in [1.29, 1.82) is 0 Å². The lowest BCUT2D eigenvalue weighted by Crippen LogP contribution is -2.37. The molecule has 2 aromatic rings. The summed E-state index contributed by atoms with van der Waals surface area (Å²) in [5.41, 5.74) is 7.12. The van der Waals surface area contributed by atoms with E-state index in [9.17, 15) is 14.9 Å². The monoisotopic (exact) mass is 440 g/mol. The number of nitro groups is 1. The lowest BCUT2D eigenvalue weighted by atomic mass is 9.94. The third-order valence-electron chi connectivity index (χ3n) is 4.80. The Balaban J connectivity index is 2.07. The zero-order valence-electron chi connectivity index (χ0n) is 18.0. The van der Waals surface area contributed by atoms with Crippen LogP contribution in [0.1, 0.15) is 31.0 Å². The van der Waals surface area contributed by atoms with Gasteiger partial charge in [0.2, 0.25) is 0 Å². The lowest BCUT2D eigenvalue weighted by Gasteiger charge is -2.25. The molecule has 0 unspecified atom stereocenters. The van der Waals surface area contributed by atoms with E-state index >= 15 is 0 Å². The van der Waals surface area contributed by atoms with Crippen molar-refractivity contribution in [1.82, 2.24) is 5.32 Å². The van der Waals surface area contributed by atoms with E-state index in [1.807, 2.05) is 30.3 Å². The number of guanidine groups is 1. The van der Waals surface area contributed by atoms with Gasteiger partial charge in [-0.05, 0) is 25.5 Å². The third-order valence-corrected chi connectivity index (χ3v) is 4.80. The van der Waals surface area contributed by atoms with Gasteiger partial charge in [-0.1, -0.05) is 30.3 Å². The summed E-state index contributed by atoms with van der Waals surface area (Å²) < 4.78 is 16.4. The first-order chi connectivity index (χ1) is 15.3. The van der Waals surface area contributed by atoms with E-state index in [4.69, 9.17) is 19.9 Å². The second-order valence-electron chi connectivity index (χ2n) is 6.89. The van der Waals surface area contributed by atoms with Gasteiger partial charge in [0.25, 0.3) is 5.69 Å². The molecular weight excluding hydrogens is 416 g/mol. The molecule has 32 heavy (non-hydrogen) atoms. The Morgan fingerprint density at radius 2 is 1.97 bits per heavy atom. The first kappa shape index (κ1) is 22.6. The van der Waals surface area contributed by atoms with E-state index in [-0.39, 0.29) is 47.5 Å². The van der Waals surface area contributed by atoms with Gasteiger partial charge in [-0.25, -0.2) is 9.79 Å². The van der Waals surface area contributed by atoms with Crippen LogP contribution in [0, 0.1) is 10.1 Å². The van der Waals surface area contributed by atoms with Crippen molar-refractivity contribution in [3.63, 3.8) is 0 Å². The van der Waals surface area contributed by atoms with Crippen molar-refractivity contribution in [3.8, 4) is 11.5 Å². The Kier molecular flexibility index (Phi) is 6.93. The van der Waals surface area contributed by atoms with Crippen LogP contribution in [0.25, 0.3) is 0 Å². The number of rotatable bonds is 8. The van der Waals surface area contributed by atoms with Crippen molar-refractivity contribution < 1.29 is 23.9 Å². The fourth-order valence-electron chi connectivity index (χ4n) is 3.35. The molecule has 168 valence electrons. The van der Waals surface area contributed by atoms with E-state index in [0.29, 0.717) is 5.70 Å². The number of carbonyl (C=O) groups is 1. The van der Waals surface area contributed by atoms with Crippen LogP contribution < -0.4 is 20.5 Å². The van der Waals surface area contributed by atoms with Crippen LogP contribution in [-0.2, 0) is 16.1 Å². The Hall–Kier alpha value is -4.08. The largest absolute Gasteiger partial charge is 0.493 e. The van der Waals surface area contributed by atoms with Gasteiger partial charge < -0.3 is 25.3 Å². The number of hydrogen-bond acceptors (Lipinski definition) is 9. The summed E-state index contributed by atoms with van der Waals surface area (Å²) in [7, 11) is 1.42. The molecule has 0 fully saturated rings. The molecule has 0 bridgehead atoms. The number of benzene rings is 2. The Labute approximate surface area is 184 Å². The van der Waals surface area contributed by atoms with Gasteiger partial charge in [0.05, 0.1) is 35.8 Å². The maximum absolute atomic E-state index is 12.6. The summed E-state index contributed by atoms with van der Waals surface area (Å²) in [6.45, 7) is 3.63. The molecule has 1 aliphatic heterocycles. The second-order valence-corrected chi connectivity index (χ2v) is 6.89. The minimum Gasteiger partial charge on any atom is -0.493 e. The van der Waals surface area contributed by atoms with E-state index < -0.39 is 16.9 Å². The summed E-state index contributed by atoms with van der Waals surface area (Å²) in [4.78, 5) is 28.2. The Morgan fingerprint density at radius 1 is 1.25 bits per heavy atom. The van der Waals surface area contributed by atoms with Crippen LogP contribution >= 0.6 is 0 Å². The maximum Gasteiger partial charge on any atom is 0.338 e. The van der Waals surface area contributed by atoms with Crippen LogP contribution in [0.3, 0.4) is 0 Å². The van der Waals surface area contributed by atoms with Gasteiger partial charge in [-0.2, -0.15) is 0 Å². The minimum absolute atomic E-state index is 0.0261. The number of esters is 1. The van der Waals surface area contributed by atoms with E-state index in [0.717, 1.165) is 5.56 Å². The molecule has 1 heterocycles. The molecule has 1 atom stereocenters. The first-order valence-corrected chi connectivity index (χ1v) is 9.86. The predicted molar refractivity (Wildman–Crippen MR) is 117 cm³/mol. The fourth-order valence-corrected chi connectivity index (χ4v) is 3.35. The van der Waals surface area contributed by atoms with Crippen LogP contribution in [0.15, 0.2) is 58.7 Å². The summed E-state index contributed by atoms with van der Waals surface area (Å²) in [5, 5.41) is 14.7. The molecule has 10 heteroatoms. The molecule has 0 radical (unpaired) electrons. The van der Waals surface area contributed by atoms with Gasteiger partial charge in [0.1, 0.15) is 12.6 Å². The molecule has 0 saturated carbocycles. The van der Waals surface area contributed by atoms with E-state index in [2.05, 4.69) is 10.3 Å². The first-order valence-electron chi connectivity index (χ1n) is 9.86. The van der Waals surface area contributed by atoms with Crippen LogP contribution in [-0.4, -0.2) is 30.6 Å². The number of nitrogens with one attached hydrogen (secondary N) is 1. The molecule has 0 amide bonds. The highest BCUT2D eigenvalue weighted by atomic mass is 16.6. The predicted octanol–water partition coefficient (Wildman–Crippen LogP) is 2.98. The molecule has 0 aliphatic carbocycles. The summed E-state index contributed by atoms with van der Waals surface area (Å²) in [6.07, 6.45) is 0. The van der Waals surface area contributed by atoms with Crippen molar-refractivity contribution in [2.75, 3.05) is 13.7 Å². The number of methoxy groups -OCH3 is 1. The number of nitro benzene ring substituents is 1. The van der Waals surface area contributed by atoms with Gasteiger partial charge in [0, 0.05) is 5.70 Å². The summed E-state index contributed by atoms with van der Waals surface area (Å²) in [5.74, 6) is -0.166. The molecule has 0 aromatic heterocycles. The molecule has 10 nitrogen and oxygen atoms in total. The molecule has 2 aromatic carbocycles. The van der Waals surface area contributed by atoms with Crippen molar-refractivity contribution in [3.05, 3.63) is 75.0 Å². The Bertz CT molecular complexity index is 1080. The number of carbonyl (C=O) groups excluding carboxylic acids is 1. The van der Waals surface area contributed by atoms with Crippen molar-refractivity contribution in [2.24, 2.45) is 10.7 Å². The normalized spacial score (nSPS) is 15.5. The summed E-state index contributed by atoms with van der Waals surface area (Å²) >= 11 is 0. The highest BCUT2D eigenvalue weighted by Gasteiger charge is 2.35. The summed E-state index contributed by atoms with van der Waals surface area (Å²) in [6, 6.07) is 11.0. The highest BCUT2D eigenvalue weighted by molar-refractivity contribution is 5.95. The fraction of sp³-hybridized carbons (Fsp3) is 0.273. The zero-order chi connectivity index (χ0) is 23.3. The molecule has 0 saturated heterocycles. The molecule has 0 spiro atoms. The molecule has 1 aliphatic rings. The second kappa shape index (κ2) is 9.82. The Morgan fingerprint density at radius 3 is 2.59 bits per heavy atom. The molecule has 3 rings (SSSR count). The van der Waals surface area contributed by atoms with E-state index in [1.54, 1.807) is 13.8 Å². The van der Waals surface area contributed by atoms with Crippen LogP contribution in [0.2, 0.25) is 0 Å². The van der Waals surface area contributed by atoms with Gasteiger partial charge in [-0.3, -0.25) is 10.1 Å². The van der Waals surface area contributed by atoms with Gasteiger partial charge >= 0.3 is 5.97 Å². The quantitative estimate of drug-likeness (QED) is 0.363. The number of nitrogens with two attached hydrogens (primary N) is 1. The minimum atomic E-state index is -1.05.